The highest BCUT2D eigenvalue weighted by Crippen LogP contribution is 2.49. The molecule has 0 saturated heterocycles. The van der Waals surface area contributed by atoms with Crippen LogP contribution in [-0.2, 0) is 14.4 Å². The maximum absolute atomic E-state index is 12.9. The van der Waals surface area contributed by atoms with Gasteiger partial charge < -0.3 is 20.1 Å². The lowest BCUT2D eigenvalue weighted by atomic mass is 9.98. The largest absolute Gasteiger partial charge is 0.461 e. The molecule has 6 heteroatoms. The summed E-state index contributed by atoms with van der Waals surface area (Å²) in [5.74, 6) is -0.298. The molecule has 1 atom stereocenters. The van der Waals surface area contributed by atoms with Gasteiger partial charge in [-0.2, -0.15) is 0 Å². The molecule has 1 aliphatic rings. The summed E-state index contributed by atoms with van der Waals surface area (Å²) in [7, 11) is 0. The van der Waals surface area contributed by atoms with Gasteiger partial charge in [-0.15, -0.1) is 0 Å². The Bertz CT molecular complexity index is 676. The van der Waals surface area contributed by atoms with Crippen LogP contribution in [0.15, 0.2) is 35.4 Å². The molecule has 0 spiro atoms. The Balaban J connectivity index is 2.11. The minimum Gasteiger partial charge on any atom is -0.461 e. The van der Waals surface area contributed by atoms with Crippen LogP contribution in [0.3, 0.4) is 0 Å². The van der Waals surface area contributed by atoms with Crippen molar-refractivity contribution in [2.75, 3.05) is 32.8 Å². The van der Waals surface area contributed by atoms with E-state index in [0.29, 0.717) is 25.2 Å². The van der Waals surface area contributed by atoms with Crippen LogP contribution in [-0.4, -0.2) is 43.7 Å². The van der Waals surface area contributed by atoms with Crippen molar-refractivity contribution in [1.82, 2.24) is 4.90 Å². The van der Waals surface area contributed by atoms with Crippen LogP contribution < -0.4 is 5.73 Å². The van der Waals surface area contributed by atoms with Gasteiger partial charge in [-0.05, 0) is 31.0 Å². The molecule has 0 aromatic heterocycles. The van der Waals surface area contributed by atoms with Gasteiger partial charge in [0.25, 0.3) is 0 Å². The Morgan fingerprint density at radius 1 is 1.14 bits per heavy atom. The van der Waals surface area contributed by atoms with Crippen molar-refractivity contribution in [3.05, 3.63) is 46.5 Å². The summed E-state index contributed by atoms with van der Waals surface area (Å²) < 4.78 is 12.0. The lowest BCUT2D eigenvalue weighted by molar-refractivity contribution is 0.0203. The third-order valence-corrected chi connectivity index (χ3v) is 6.55. The number of thioether (sulfide) groups is 1. The highest BCUT2D eigenvalue weighted by atomic mass is 32.2. The number of benzene rings is 1. The first-order chi connectivity index (χ1) is 14.1. The van der Waals surface area contributed by atoms with E-state index in [1.165, 1.54) is 12.8 Å². The number of rotatable bonds is 13. The third kappa shape index (κ3) is 6.76. The van der Waals surface area contributed by atoms with Crippen molar-refractivity contribution in [3.8, 4) is 0 Å². The highest BCUT2D eigenvalue weighted by Gasteiger charge is 2.40. The average molecular weight is 421 g/mol. The summed E-state index contributed by atoms with van der Waals surface area (Å²) in [4.78, 5) is 14.5. The minimum absolute atomic E-state index is 0.298. The van der Waals surface area contributed by atoms with Gasteiger partial charge >= 0.3 is 5.97 Å². The summed E-state index contributed by atoms with van der Waals surface area (Å²) in [5.41, 5.74) is 8.31. The van der Waals surface area contributed by atoms with Crippen LogP contribution in [0.5, 0.6) is 0 Å². The minimum atomic E-state index is -0.648. The first-order valence-corrected chi connectivity index (χ1v) is 11.7. The number of carbonyl (C=O) groups excluding carboxylic acids is 1. The van der Waals surface area contributed by atoms with Gasteiger partial charge in [-0.25, -0.2) is 4.79 Å². The van der Waals surface area contributed by atoms with Gasteiger partial charge in [0.05, 0.1) is 5.56 Å². The molecule has 1 aromatic carbocycles. The van der Waals surface area contributed by atoms with Crippen LogP contribution in [0, 0.1) is 0 Å². The molecule has 0 amide bonds. The number of ether oxygens (including phenoxy) is 2. The number of carbonyl (C=O) groups is 1. The van der Waals surface area contributed by atoms with Crippen molar-refractivity contribution in [1.29, 1.82) is 0 Å². The smallest absolute Gasteiger partial charge is 0.338 e. The quantitative estimate of drug-likeness (QED) is 0.363. The first-order valence-electron chi connectivity index (χ1n) is 10.8. The number of unbranched alkanes of at least 4 members (excludes halogenated alkanes) is 3. The van der Waals surface area contributed by atoms with Crippen molar-refractivity contribution >= 4 is 17.7 Å². The maximum Gasteiger partial charge on any atom is 0.338 e. The van der Waals surface area contributed by atoms with E-state index in [2.05, 4.69) is 25.7 Å². The summed E-state index contributed by atoms with van der Waals surface area (Å²) in [6, 6.07) is 7.61. The molecule has 2 rings (SSSR count). The molecule has 0 fully saturated rings. The fourth-order valence-electron chi connectivity index (χ4n) is 3.49. The van der Waals surface area contributed by atoms with Gasteiger partial charge in [-0.3, -0.25) is 0 Å². The standard InChI is InChI=1S/C23H36N2O3S/c1-4-7-8-11-15-28-23(17-19(24)18-29-23)21-13-10-9-12-20(21)22(26)27-16-14-25(5-2)6-3/h9-10,12-13,18H,4-8,11,14-17,24H2,1-3H3. The van der Waals surface area contributed by atoms with E-state index in [1.807, 2.05) is 29.7 Å². The van der Waals surface area contributed by atoms with Crippen molar-refractivity contribution in [3.63, 3.8) is 0 Å². The number of likely N-dealkylation sites (N-methyl/N-ethyl adjacent to an activating group) is 1. The van der Waals surface area contributed by atoms with Crippen molar-refractivity contribution in [2.45, 2.75) is 57.8 Å². The molecular formula is C23H36N2O3S. The average Bonchev–Trinajstić information content (AvgIpc) is 3.12. The number of nitrogens with two attached hydrogens (primary N) is 1. The molecule has 0 saturated carbocycles. The maximum atomic E-state index is 12.9. The monoisotopic (exact) mass is 420 g/mol. The van der Waals surface area contributed by atoms with Crippen LogP contribution in [0.2, 0.25) is 0 Å². The summed E-state index contributed by atoms with van der Waals surface area (Å²) in [5, 5.41) is 1.94. The van der Waals surface area contributed by atoms with E-state index in [9.17, 15) is 4.79 Å². The van der Waals surface area contributed by atoms with E-state index in [1.54, 1.807) is 11.8 Å². The molecule has 1 aromatic rings. The van der Waals surface area contributed by atoms with E-state index >= 15 is 0 Å². The van der Waals surface area contributed by atoms with Crippen molar-refractivity contribution < 1.29 is 14.3 Å². The fraction of sp³-hybridized carbons (Fsp3) is 0.609. The fourth-order valence-corrected chi connectivity index (χ4v) is 4.62. The zero-order valence-corrected chi connectivity index (χ0v) is 18.9. The first kappa shape index (κ1) is 23.8. The zero-order chi connectivity index (χ0) is 21.1. The predicted octanol–water partition coefficient (Wildman–Crippen LogP) is 4.87. The molecule has 0 bridgehead atoms. The molecular weight excluding hydrogens is 384 g/mol. The van der Waals surface area contributed by atoms with E-state index < -0.39 is 4.93 Å². The van der Waals surface area contributed by atoms with Gasteiger partial charge in [0.2, 0.25) is 0 Å². The van der Waals surface area contributed by atoms with Gasteiger partial charge in [-0.1, -0.05) is 70.0 Å². The second-order valence-electron chi connectivity index (χ2n) is 7.36. The Hall–Kier alpha value is -1.50. The topological polar surface area (TPSA) is 64.8 Å². The molecule has 29 heavy (non-hydrogen) atoms. The lowest BCUT2D eigenvalue weighted by Crippen LogP contribution is -2.30. The summed E-state index contributed by atoms with van der Waals surface area (Å²) in [6.07, 6.45) is 5.13. The number of hydrogen-bond acceptors (Lipinski definition) is 6. The summed E-state index contributed by atoms with van der Waals surface area (Å²) in [6.45, 7) is 10.1. The van der Waals surface area contributed by atoms with E-state index in [-0.39, 0.29) is 5.97 Å². The summed E-state index contributed by atoms with van der Waals surface area (Å²) >= 11 is 1.56. The molecule has 5 nitrogen and oxygen atoms in total. The van der Waals surface area contributed by atoms with Crippen LogP contribution in [0.25, 0.3) is 0 Å². The molecule has 1 unspecified atom stereocenters. The normalized spacial score (nSPS) is 18.8. The van der Waals surface area contributed by atoms with E-state index in [4.69, 9.17) is 15.2 Å². The molecule has 2 N–H and O–H groups in total. The van der Waals surface area contributed by atoms with Gasteiger partial charge in [0.1, 0.15) is 11.5 Å². The molecule has 162 valence electrons. The second kappa shape index (κ2) is 12.3. The van der Waals surface area contributed by atoms with Gasteiger partial charge in [0, 0.05) is 30.8 Å². The SMILES string of the molecule is CCCCCCOC1(c2ccccc2C(=O)OCCN(CC)CC)CC(N)=CS1. The predicted molar refractivity (Wildman–Crippen MR) is 121 cm³/mol. The molecule has 1 heterocycles. The number of nitrogens with zero attached hydrogens (tertiary/aromatic N) is 1. The lowest BCUT2D eigenvalue weighted by Gasteiger charge is -2.31. The van der Waals surface area contributed by atoms with E-state index in [0.717, 1.165) is 43.7 Å². The molecule has 1 aliphatic heterocycles. The van der Waals surface area contributed by atoms with Gasteiger partial charge in [0.15, 0.2) is 0 Å². The Morgan fingerprint density at radius 2 is 1.90 bits per heavy atom. The number of hydrogen-bond donors (Lipinski definition) is 1. The van der Waals surface area contributed by atoms with Crippen LogP contribution in [0.1, 0.15) is 68.8 Å². The second-order valence-corrected chi connectivity index (χ2v) is 8.49. The third-order valence-electron chi connectivity index (χ3n) is 5.26. The van der Waals surface area contributed by atoms with Crippen LogP contribution in [0.4, 0.5) is 0 Å². The number of esters is 1. The Labute approximate surface area is 180 Å². The van der Waals surface area contributed by atoms with Crippen LogP contribution >= 0.6 is 11.8 Å². The highest BCUT2D eigenvalue weighted by molar-refractivity contribution is 8.03. The zero-order valence-electron chi connectivity index (χ0n) is 18.1. The molecule has 0 aliphatic carbocycles. The van der Waals surface area contributed by atoms with Crippen molar-refractivity contribution in [2.24, 2.45) is 5.73 Å². The Kier molecular flexibility index (Phi) is 10.0. The molecule has 0 radical (unpaired) electrons. The Morgan fingerprint density at radius 3 is 2.55 bits per heavy atom.